The molecule has 2 nitrogen and oxygen atoms in total. The first kappa shape index (κ1) is 15.2. The fourth-order valence-electron chi connectivity index (χ4n) is 3.74. The van der Waals surface area contributed by atoms with Crippen molar-refractivity contribution >= 4 is 0 Å². The third-order valence-electron chi connectivity index (χ3n) is 5.59. The molecule has 0 saturated carbocycles. The first-order chi connectivity index (χ1) is 8.93. The molecule has 2 rings (SSSR count). The first-order valence-electron chi connectivity index (χ1n) is 8.07. The van der Waals surface area contributed by atoms with Crippen molar-refractivity contribution in [1.29, 1.82) is 0 Å². The van der Waals surface area contributed by atoms with Crippen molar-refractivity contribution in [1.82, 2.24) is 9.80 Å². The van der Waals surface area contributed by atoms with Gasteiger partial charge < -0.3 is 4.90 Å². The Balaban J connectivity index is 1.87. The summed E-state index contributed by atoms with van der Waals surface area (Å²) >= 11 is 0. The summed E-state index contributed by atoms with van der Waals surface area (Å²) in [6.45, 7) is 14.9. The quantitative estimate of drug-likeness (QED) is 0.778. The standard InChI is InChI=1S/C16H31FN2/c1-5-18-8-6-16(17,7-9-18)12-19-10-13(2)15(4)14(3)11-19/h13-15H,5-12H2,1-4H3/t13-,14+,15?. The summed E-state index contributed by atoms with van der Waals surface area (Å²) in [4.78, 5) is 4.75. The van der Waals surface area contributed by atoms with E-state index < -0.39 is 5.67 Å². The molecule has 0 bridgehead atoms. The van der Waals surface area contributed by atoms with Crippen LogP contribution in [0.15, 0.2) is 0 Å². The molecule has 0 amide bonds. The van der Waals surface area contributed by atoms with E-state index in [0.29, 0.717) is 18.4 Å². The Hall–Kier alpha value is -0.150. The zero-order chi connectivity index (χ0) is 14.0. The number of alkyl halides is 1. The smallest absolute Gasteiger partial charge is 0.126 e. The molecule has 3 atom stereocenters. The zero-order valence-electron chi connectivity index (χ0n) is 13.2. The molecule has 0 radical (unpaired) electrons. The minimum Gasteiger partial charge on any atom is -0.303 e. The lowest BCUT2D eigenvalue weighted by Gasteiger charge is -2.44. The molecule has 2 fully saturated rings. The van der Waals surface area contributed by atoms with Gasteiger partial charge in [-0.3, -0.25) is 4.90 Å². The van der Waals surface area contributed by atoms with Gasteiger partial charge in [0.2, 0.25) is 0 Å². The summed E-state index contributed by atoms with van der Waals surface area (Å²) in [5.74, 6) is 2.17. The topological polar surface area (TPSA) is 6.48 Å². The monoisotopic (exact) mass is 270 g/mol. The van der Waals surface area contributed by atoms with Gasteiger partial charge in [0.25, 0.3) is 0 Å². The van der Waals surface area contributed by atoms with Crippen LogP contribution in [0.4, 0.5) is 4.39 Å². The molecule has 2 saturated heterocycles. The van der Waals surface area contributed by atoms with Gasteiger partial charge in [-0.15, -0.1) is 0 Å². The van der Waals surface area contributed by atoms with E-state index in [1.165, 1.54) is 0 Å². The van der Waals surface area contributed by atoms with Crippen LogP contribution in [0.1, 0.15) is 40.5 Å². The van der Waals surface area contributed by atoms with Gasteiger partial charge in [-0.25, -0.2) is 4.39 Å². The first-order valence-corrected chi connectivity index (χ1v) is 8.07. The second kappa shape index (κ2) is 6.09. The maximum Gasteiger partial charge on any atom is 0.126 e. The largest absolute Gasteiger partial charge is 0.303 e. The van der Waals surface area contributed by atoms with Gasteiger partial charge in [0.1, 0.15) is 5.67 Å². The maximum atomic E-state index is 14.9. The molecule has 112 valence electrons. The van der Waals surface area contributed by atoms with Crippen LogP contribution in [0, 0.1) is 17.8 Å². The number of likely N-dealkylation sites (tertiary alicyclic amines) is 2. The van der Waals surface area contributed by atoms with Gasteiger partial charge in [-0.05, 0) is 37.1 Å². The summed E-state index contributed by atoms with van der Waals surface area (Å²) in [7, 11) is 0. The highest BCUT2D eigenvalue weighted by Crippen LogP contribution is 2.32. The molecule has 2 aliphatic heterocycles. The fraction of sp³-hybridized carbons (Fsp3) is 1.00. The van der Waals surface area contributed by atoms with Gasteiger partial charge in [0, 0.05) is 32.7 Å². The second-order valence-electron chi connectivity index (χ2n) is 7.09. The third-order valence-corrected chi connectivity index (χ3v) is 5.59. The maximum absolute atomic E-state index is 14.9. The minimum atomic E-state index is -0.939. The second-order valence-corrected chi connectivity index (χ2v) is 7.09. The summed E-state index contributed by atoms with van der Waals surface area (Å²) in [5.41, 5.74) is -0.939. The third kappa shape index (κ3) is 3.69. The number of piperidine rings is 2. The Morgan fingerprint density at radius 1 is 1.00 bits per heavy atom. The zero-order valence-corrected chi connectivity index (χ0v) is 13.2. The summed E-state index contributed by atoms with van der Waals surface area (Å²) < 4.78 is 14.9. The molecule has 0 aromatic heterocycles. The van der Waals surface area contributed by atoms with Crippen LogP contribution in [0.25, 0.3) is 0 Å². The molecule has 2 aliphatic rings. The molecular formula is C16H31FN2. The summed E-state index contributed by atoms with van der Waals surface area (Å²) in [5, 5.41) is 0. The Labute approximate surface area is 118 Å². The van der Waals surface area contributed by atoms with E-state index >= 15 is 0 Å². The Bertz CT molecular complexity index is 274. The number of hydrogen-bond acceptors (Lipinski definition) is 2. The van der Waals surface area contributed by atoms with Crippen LogP contribution in [0.2, 0.25) is 0 Å². The number of halogens is 1. The SMILES string of the molecule is CCN1CCC(F)(CN2C[C@@H](C)C(C)[C@@H](C)C2)CC1. The van der Waals surface area contributed by atoms with Crippen molar-refractivity contribution in [3.05, 3.63) is 0 Å². The van der Waals surface area contributed by atoms with Crippen LogP contribution in [-0.2, 0) is 0 Å². The van der Waals surface area contributed by atoms with E-state index in [0.717, 1.165) is 51.5 Å². The van der Waals surface area contributed by atoms with Crippen LogP contribution in [-0.4, -0.2) is 54.7 Å². The number of nitrogens with zero attached hydrogens (tertiary/aromatic N) is 2. The van der Waals surface area contributed by atoms with Crippen molar-refractivity contribution in [2.75, 3.05) is 39.3 Å². The molecule has 1 unspecified atom stereocenters. The van der Waals surface area contributed by atoms with Crippen molar-refractivity contribution in [2.45, 2.75) is 46.2 Å². The van der Waals surface area contributed by atoms with E-state index in [4.69, 9.17) is 0 Å². The molecule has 19 heavy (non-hydrogen) atoms. The van der Waals surface area contributed by atoms with Gasteiger partial charge in [0.15, 0.2) is 0 Å². The lowest BCUT2D eigenvalue weighted by atomic mass is 9.80. The number of hydrogen-bond donors (Lipinski definition) is 0. The van der Waals surface area contributed by atoms with Crippen LogP contribution < -0.4 is 0 Å². The van der Waals surface area contributed by atoms with Crippen molar-refractivity contribution < 1.29 is 4.39 Å². The van der Waals surface area contributed by atoms with Gasteiger partial charge in [0.05, 0.1) is 0 Å². The molecule has 3 heteroatoms. The molecule has 2 heterocycles. The fourth-order valence-corrected chi connectivity index (χ4v) is 3.74. The predicted octanol–water partition coefficient (Wildman–Crippen LogP) is 3.03. The van der Waals surface area contributed by atoms with E-state index in [2.05, 4.69) is 37.5 Å². The predicted molar refractivity (Wildman–Crippen MR) is 79.1 cm³/mol. The van der Waals surface area contributed by atoms with Crippen molar-refractivity contribution in [2.24, 2.45) is 17.8 Å². The van der Waals surface area contributed by atoms with E-state index in [-0.39, 0.29) is 0 Å². The normalized spacial score (nSPS) is 37.4. The van der Waals surface area contributed by atoms with Crippen molar-refractivity contribution in [3.63, 3.8) is 0 Å². The van der Waals surface area contributed by atoms with Crippen LogP contribution >= 0.6 is 0 Å². The average molecular weight is 270 g/mol. The highest BCUT2D eigenvalue weighted by Gasteiger charge is 2.38. The highest BCUT2D eigenvalue weighted by atomic mass is 19.1. The van der Waals surface area contributed by atoms with Gasteiger partial charge in [-0.2, -0.15) is 0 Å². The van der Waals surface area contributed by atoms with E-state index in [1.807, 2.05) is 0 Å². The van der Waals surface area contributed by atoms with E-state index in [9.17, 15) is 4.39 Å². The molecule has 0 aromatic carbocycles. The summed E-state index contributed by atoms with van der Waals surface area (Å²) in [6, 6.07) is 0. The minimum absolute atomic E-state index is 0.659. The molecule has 0 N–H and O–H groups in total. The Morgan fingerprint density at radius 3 is 2.00 bits per heavy atom. The average Bonchev–Trinajstić information content (AvgIpc) is 2.36. The molecule has 0 aromatic rings. The number of rotatable bonds is 3. The summed E-state index contributed by atoms with van der Waals surface area (Å²) in [6.07, 6.45) is 1.44. The lowest BCUT2D eigenvalue weighted by molar-refractivity contribution is -0.00422. The highest BCUT2D eigenvalue weighted by molar-refractivity contribution is 4.91. The van der Waals surface area contributed by atoms with Gasteiger partial charge in [-0.1, -0.05) is 27.7 Å². The van der Waals surface area contributed by atoms with Crippen LogP contribution in [0.3, 0.4) is 0 Å². The van der Waals surface area contributed by atoms with Crippen LogP contribution in [0.5, 0.6) is 0 Å². The molecular weight excluding hydrogens is 239 g/mol. The Kier molecular flexibility index (Phi) is 4.88. The van der Waals surface area contributed by atoms with Crippen molar-refractivity contribution in [3.8, 4) is 0 Å². The van der Waals surface area contributed by atoms with Gasteiger partial charge >= 0.3 is 0 Å². The molecule has 0 spiro atoms. The Morgan fingerprint density at radius 2 is 1.53 bits per heavy atom. The molecule has 0 aliphatic carbocycles. The lowest BCUT2D eigenvalue weighted by Crippen LogP contribution is -2.52. The van der Waals surface area contributed by atoms with E-state index in [1.54, 1.807) is 0 Å².